The number of hydrogen-bond acceptors (Lipinski definition) is 3. The van der Waals surface area contributed by atoms with E-state index in [0.29, 0.717) is 0 Å². The van der Waals surface area contributed by atoms with Crippen LogP contribution in [0.5, 0.6) is 0 Å². The quantitative estimate of drug-likeness (QED) is 0.876. The van der Waals surface area contributed by atoms with Crippen LogP contribution in [0.3, 0.4) is 0 Å². The molecule has 21 heavy (non-hydrogen) atoms. The van der Waals surface area contributed by atoms with Crippen LogP contribution in [0, 0.1) is 0 Å². The molecule has 0 aliphatic rings. The average molecular weight is 309 g/mol. The summed E-state index contributed by atoms with van der Waals surface area (Å²) in [5.41, 5.74) is 3.20. The van der Waals surface area contributed by atoms with Crippen molar-refractivity contribution >= 4 is 20.9 Å². The lowest BCUT2D eigenvalue weighted by atomic mass is 10.1. The monoisotopic (exact) mass is 309 g/mol. The highest BCUT2D eigenvalue weighted by Gasteiger charge is 2.12. The second-order valence-corrected chi connectivity index (χ2v) is 7.56. The first kappa shape index (κ1) is 16.0. The van der Waals surface area contributed by atoms with Crippen LogP contribution >= 0.6 is 0 Å². The molecule has 0 saturated carbocycles. The molecule has 0 unspecified atom stereocenters. The highest BCUT2D eigenvalue weighted by molar-refractivity contribution is 7.88. The van der Waals surface area contributed by atoms with Gasteiger partial charge in [-0.1, -0.05) is 6.07 Å². The number of likely N-dealkylation sites (N-methyl/N-ethyl adjacent to an activating group) is 1. The lowest BCUT2D eigenvalue weighted by Crippen LogP contribution is -2.20. The van der Waals surface area contributed by atoms with Gasteiger partial charge in [-0.2, -0.15) is 0 Å². The minimum atomic E-state index is -3.24. The van der Waals surface area contributed by atoms with Crippen molar-refractivity contribution in [2.75, 3.05) is 27.7 Å². The maximum atomic E-state index is 11.7. The summed E-state index contributed by atoms with van der Waals surface area (Å²) >= 11 is 0. The molecule has 0 fully saturated rings. The fourth-order valence-electron chi connectivity index (χ4n) is 2.45. The molecule has 1 aromatic carbocycles. The van der Waals surface area contributed by atoms with E-state index < -0.39 is 10.0 Å². The van der Waals surface area contributed by atoms with Gasteiger partial charge in [-0.3, -0.25) is 0 Å². The number of nitrogens with zero attached hydrogens (tertiary/aromatic N) is 2. The first-order valence-electron chi connectivity index (χ1n) is 6.95. The van der Waals surface area contributed by atoms with Crippen molar-refractivity contribution in [3.63, 3.8) is 0 Å². The number of aromatic nitrogens is 1. The average Bonchev–Trinajstić information content (AvgIpc) is 2.72. The Morgan fingerprint density at radius 3 is 2.62 bits per heavy atom. The van der Waals surface area contributed by atoms with Gasteiger partial charge in [-0.15, -0.1) is 0 Å². The summed E-state index contributed by atoms with van der Waals surface area (Å²) in [5.74, 6) is 0.0153. The third-order valence-electron chi connectivity index (χ3n) is 3.63. The van der Waals surface area contributed by atoms with Gasteiger partial charge in [0.2, 0.25) is 10.0 Å². The molecule has 6 heteroatoms. The Hall–Kier alpha value is -1.37. The summed E-state index contributed by atoms with van der Waals surface area (Å²) in [6.07, 6.45) is 3.08. The number of aryl methyl sites for hydroxylation is 1. The molecule has 1 heterocycles. The van der Waals surface area contributed by atoms with Gasteiger partial charge in [0.25, 0.3) is 0 Å². The Morgan fingerprint density at radius 2 is 2.00 bits per heavy atom. The van der Waals surface area contributed by atoms with E-state index in [1.165, 1.54) is 12.6 Å². The Bertz CT molecular complexity index is 733. The molecule has 2 rings (SSSR count). The first-order valence-corrected chi connectivity index (χ1v) is 8.60. The number of hydrogen-bond donors (Lipinski definition) is 1. The molecule has 0 amide bonds. The fourth-order valence-corrected chi connectivity index (χ4v) is 3.21. The summed E-state index contributed by atoms with van der Waals surface area (Å²) in [4.78, 5) is 2.15. The van der Waals surface area contributed by atoms with Crippen LogP contribution in [0.4, 0.5) is 0 Å². The predicted octanol–water partition coefficient (Wildman–Crippen LogP) is 1.33. The van der Waals surface area contributed by atoms with Crippen molar-refractivity contribution in [2.45, 2.75) is 12.2 Å². The summed E-state index contributed by atoms with van der Waals surface area (Å²) < 4.78 is 27.8. The molecule has 2 aromatic rings. The van der Waals surface area contributed by atoms with Crippen LogP contribution in [0.15, 0.2) is 24.4 Å². The lowest BCUT2D eigenvalue weighted by Gasteiger charge is -2.08. The Kier molecular flexibility index (Phi) is 4.70. The first-order chi connectivity index (χ1) is 9.82. The second-order valence-electron chi connectivity index (χ2n) is 5.63. The molecule has 116 valence electrons. The van der Waals surface area contributed by atoms with Crippen LogP contribution in [-0.4, -0.2) is 45.6 Å². The third kappa shape index (κ3) is 3.84. The summed E-state index contributed by atoms with van der Waals surface area (Å²) in [5, 5.41) is 1.14. The molecule has 1 N–H and O–H groups in total. The zero-order valence-corrected chi connectivity index (χ0v) is 13.9. The van der Waals surface area contributed by atoms with Gasteiger partial charge in [0.15, 0.2) is 0 Å². The molecule has 0 radical (unpaired) electrons. The molecule has 1 aromatic heterocycles. The molecule has 0 saturated heterocycles. The van der Waals surface area contributed by atoms with Crippen LogP contribution < -0.4 is 4.72 Å². The summed E-state index contributed by atoms with van der Waals surface area (Å²) in [6.45, 7) is 0.970. The SMILES string of the molecule is CNS(=O)(=O)Cc1ccc2c(c1)c(CCN(C)C)cn2C. The minimum Gasteiger partial charge on any atom is -0.350 e. The van der Waals surface area contributed by atoms with E-state index in [1.54, 1.807) is 0 Å². The molecular formula is C15H23N3O2S. The van der Waals surface area contributed by atoms with E-state index in [0.717, 1.165) is 29.4 Å². The van der Waals surface area contributed by atoms with E-state index >= 15 is 0 Å². The molecule has 0 spiro atoms. The van der Waals surface area contributed by atoms with Crippen molar-refractivity contribution < 1.29 is 8.42 Å². The molecule has 0 atom stereocenters. The minimum absolute atomic E-state index is 0.0153. The Labute approximate surface area is 126 Å². The van der Waals surface area contributed by atoms with Gasteiger partial charge in [-0.05, 0) is 50.8 Å². The molecule has 0 aliphatic carbocycles. The normalized spacial score (nSPS) is 12.4. The maximum Gasteiger partial charge on any atom is 0.215 e. The van der Waals surface area contributed by atoms with Gasteiger partial charge in [0, 0.05) is 30.7 Å². The zero-order valence-electron chi connectivity index (χ0n) is 13.0. The van der Waals surface area contributed by atoms with E-state index in [-0.39, 0.29) is 5.75 Å². The largest absolute Gasteiger partial charge is 0.350 e. The molecule has 5 nitrogen and oxygen atoms in total. The molecule has 0 aliphatic heterocycles. The second kappa shape index (κ2) is 6.17. The number of rotatable bonds is 6. The Morgan fingerprint density at radius 1 is 1.29 bits per heavy atom. The predicted molar refractivity (Wildman–Crippen MR) is 86.9 cm³/mol. The van der Waals surface area contributed by atoms with Crippen LogP contribution in [0.1, 0.15) is 11.1 Å². The summed E-state index contributed by atoms with van der Waals surface area (Å²) in [7, 11) is 4.33. The van der Waals surface area contributed by atoms with Crippen molar-refractivity contribution in [1.29, 1.82) is 0 Å². The van der Waals surface area contributed by atoms with Crippen molar-refractivity contribution in [3.8, 4) is 0 Å². The van der Waals surface area contributed by atoms with Gasteiger partial charge >= 0.3 is 0 Å². The van der Waals surface area contributed by atoms with Gasteiger partial charge in [0.1, 0.15) is 0 Å². The number of sulfonamides is 1. The third-order valence-corrected chi connectivity index (χ3v) is 4.97. The smallest absolute Gasteiger partial charge is 0.215 e. The van der Waals surface area contributed by atoms with Gasteiger partial charge < -0.3 is 9.47 Å². The number of fused-ring (bicyclic) bond motifs is 1. The topological polar surface area (TPSA) is 54.3 Å². The zero-order chi connectivity index (χ0) is 15.6. The van der Waals surface area contributed by atoms with E-state index in [9.17, 15) is 8.42 Å². The maximum absolute atomic E-state index is 11.7. The highest BCUT2D eigenvalue weighted by Crippen LogP contribution is 2.23. The molecule has 0 bridgehead atoms. The molecular weight excluding hydrogens is 286 g/mol. The van der Waals surface area contributed by atoms with Crippen LogP contribution in [0.2, 0.25) is 0 Å². The van der Waals surface area contributed by atoms with Gasteiger partial charge in [-0.25, -0.2) is 13.1 Å². The van der Waals surface area contributed by atoms with Crippen molar-refractivity contribution in [3.05, 3.63) is 35.5 Å². The van der Waals surface area contributed by atoms with Crippen LogP contribution in [-0.2, 0) is 29.2 Å². The highest BCUT2D eigenvalue weighted by atomic mass is 32.2. The van der Waals surface area contributed by atoms with E-state index in [1.807, 2.05) is 25.2 Å². The van der Waals surface area contributed by atoms with Crippen LogP contribution in [0.25, 0.3) is 10.9 Å². The standard InChI is InChI=1S/C15H23N3O2S/c1-16-21(19,20)11-12-5-6-15-14(9-12)13(10-18(15)4)7-8-17(2)3/h5-6,9-10,16H,7-8,11H2,1-4H3. The van der Waals surface area contributed by atoms with Gasteiger partial charge in [0.05, 0.1) is 5.75 Å². The van der Waals surface area contributed by atoms with E-state index in [2.05, 4.69) is 34.5 Å². The fraction of sp³-hybridized carbons (Fsp3) is 0.467. The Balaban J connectivity index is 2.38. The lowest BCUT2D eigenvalue weighted by molar-refractivity contribution is 0.414. The summed E-state index contributed by atoms with van der Waals surface area (Å²) in [6, 6.07) is 5.87. The van der Waals surface area contributed by atoms with Crippen molar-refractivity contribution in [2.24, 2.45) is 7.05 Å². The van der Waals surface area contributed by atoms with E-state index in [4.69, 9.17) is 0 Å². The number of benzene rings is 1. The van der Waals surface area contributed by atoms with Crippen molar-refractivity contribution in [1.82, 2.24) is 14.2 Å². The number of nitrogens with one attached hydrogen (secondary N) is 1.